The lowest BCUT2D eigenvalue weighted by atomic mass is 10.1. The first-order chi connectivity index (χ1) is 11.8. The number of amides is 1. The van der Waals surface area contributed by atoms with Gasteiger partial charge in [0.05, 0.1) is 6.54 Å². The zero-order valence-corrected chi connectivity index (χ0v) is 13.6. The van der Waals surface area contributed by atoms with Crippen molar-refractivity contribution in [3.05, 3.63) is 53.7 Å². The Bertz CT molecular complexity index is 817. The molecule has 0 N–H and O–H groups in total. The van der Waals surface area contributed by atoms with Gasteiger partial charge in [-0.15, -0.1) is 0 Å². The molecule has 1 aliphatic rings. The van der Waals surface area contributed by atoms with E-state index in [0.717, 1.165) is 12.0 Å². The lowest BCUT2D eigenvalue weighted by Crippen LogP contribution is -2.31. The first-order valence-electron chi connectivity index (χ1n) is 7.67. The van der Waals surface area contributed by atoms with Crippen LogP contribution in [0.15, 0.2) is 52.5 Å². The highest BCUT2D eigenvalue weighted by atomic mass is 32.1. The van der Waals surface area contributed by atoms with Gasteiger partial charge in [0.1, 0.15) is 6.10 Å². The summed E-state index contributed by atoms with van der Waals surface area (Å²) in [7, 11) is 0. The fraction of sp³-hybridized carbons (Fsp3) is 0.235. The van der Waals surface area contributed by atoms with Gasteiger partial charge in [0, 0.05) is 36.2 Å². The molecule has 1 unspecified atom stereocenters. The predicted octanol–water partition coefficient (Wildman–Crippen LogP) is 3.09. The number of rotatable bonds is 4. The van der Waals surface area contributed by atoms with Gasteiger partial charge in [-0.05, 0) is 0 Å². The van der Waals surface area contributed by atoms with Crippen molar-refractivity contribution in [2.75, 3.05) is 13.1 Å². The molecule has 1 aliphatic heterocycles. The Balaban J connectivity index is 1.42. The molecular weight excluding hydrogens is 326 g/mol. The molecule has 24 heavy (non-hydrogen) atoms. The highest BCUT2D eigenvalue weighted by Gasteiger charge is 2.30. The van der Waals surface area contributed by atoms with E-state index in [9.17, 15) is 4.79 Å². The fourth-order valence-electron chi connectivity index (χ4n) is 2.70. The maximum Gasteiger partial charge on any atom is 0.276 e. The van der Waals surface area contributed by atoms with E-state index in [0.29, 0.717) is 29.7 Å². The Morgan fingerprint density at radius 2 is 2.21 bits per heavy atom. The van der Waals surface area contributed by atoms with E-state index in [1.54, 1.807) is 17.2 Å². The monoisotopic (exact) mass is 341 g/mol. The maximum atomic E-state index is 12.6. The molecule has 1 aromatic carbocycles. The predicted molar refractivity (Wildman–Crippen MR) is 89.0 cm³/mol. The van der Waals surface area contributed by atoms with Crippen molar-refractivity contribution in [3.8, 4) is 16.5 Å². The molecule has 0 radical (unpaired) electrons. The number of nitrogens with zero attached hydrogens (tertiary/aromatic N) is 3. The van der Waals surface area contributed by atoms with Crippen LogP contribution in [0.4, 0.5) is 0 Å². The van der Waals surface area contributed by atoms with Crippen LogP contribution in [0, 0.1) is 0 Å². The lowest BCUT2D eigenvalue weighted by molar-refractivity contribution is 0.0762. The standard InChI is InChI=1S/C17H15N3O3S/c21-16(14-10-15(23-19-14)12-4-2-1-3-5-12)20-8-6-13(11-20)22-17-18-7-9-24-17/h1-5,7,9-10,13H,6,8,11H2. The summed E-state index contributed by atoms with van der Waals surface area (Å²) in [6.45, 7) is 1.17. The second-order valence-corrected chi connectivity index (χ2v) is 6.38. The number of thiazole rings is 1. The molecule has 3 aromatic rings. The average Bonchev–Trinajstić information content (AvgIpc) is 3.37. The van der Waals surface area contributed by atoms with E-state index < -0.39 is 0 Å². The molecule has 0 saturated carbocycles. The number of benzene rings is 1. The normalized spacial score (nSPS) is 17.2. The molecule has 1 fully saturated rings. The smallest absolute Gasteiger partial charge is 0.276 e. The third kappa shape index (κ3) is 3.03. The SMILES string of the molecule is O=C(c1cc(-c2ccccc2)on1)N1CCC(Oc2nccs2)C1. The Kier molecular flexibility index (Phi) is 4.00. The lowest BCUT2D eigenvalue weighted by Gasteiger charge is -2.14. The summed E-state index contributed by atoms with van der Waals surface area (Å²) in [4.78, 5) is 18.4. The van der Waals surface area contributed by atoms with Crippen LogP contribution < -0.4 is 4.74 Å². The summed E-state index contributed by atoms with van der Waals surface area (Å²) in [5.74, 6) is 0.458. The van der Waals surface area contributed by atoms with Crippen LogP contribution in [0.5, 0.6) is 5.19 Å². The number of carbonyl (C=O) groups is 1. The third-order valence-corrected chi connectivity index (χ3v) is 4.56. The summed E-state index contributed by atoms with van der Waals surface area (Å²) in [6.07, 6.45) is 2.47. The van der Waals surface area contributed by atoms with Crippen molar-refractivity contribution >= 4 is 17.2 Å². The van der Waals surface area contributed by atoms with Gasteiger partial charge < -0.3 is 14.2 Å². The highest BCUT2D eigenvalue weighted by molar-refractivity contribution is 7.11. The van der Waals surface area contributed by atoms with E-state index in [-0.39, 0.29) is 12.0 Å². The van der Waals surface area contributed by atoms with Crippen molar-refractivity contribution in [2.24, 2.45) is 0 Å². The highest BCUT2D eigenvalue weighted by Crippen LogP contribution is 2.23. The minimum atomic E-state index is -0.133. The molecule has 3 heterocycles. The quantitative estimate of drug-likeness (QED) is 0.729. The largest absolute Gasteiger partial charge is 0.465 e. The zero-order chi connectivity index (χ0) is 16.4. The van der Waals surface area contributed by atoms with Crippen LogP contribution >= 0.6 is 11.3 Å². The van der Waals surface area contributed by atoms with Crippen LogP contribution in [0.25, 0.3) is 11.3 Å². The van der Waals surface area contributed by atoms with Crippen LogP contribution in [0.1, 0.15) is 16.9 Å². The third-order valence-electron chi connectivity index (χ3n) is 3.90. The number of hydrogen-bond acceptors (Lipinski definition) is 6. The number of ether oxygens (including phenoxy) is 1. The van der Waals surface area contributed by atoms with Gasteiger partial charge in [0.15, 0.2) is 11.5 Å². The molecule has 1 amide bonds. The molecule has 0 aliphatic carbocycles. The average molecular weight is 341 g/mol. The number of aromatic nitrogens is 2. The summed E-state index contributed by atoms with van der Waals surface area (Å²) >= 11 is 1.45. The Morgan fingerprint density at radius 3 is 3.00 bits per heavy atom. The zero-order valence-electron chi connectivity index (χ0n) is 12.8. The number of hydrogen-bond donors (Lipinski definition) is 0. The minimum absolute atomic E-state index is 0.0272. The van der Waals surface area contributed by atoms with E-state index in [1.807, 2.05) is 35.7 Å². The summed E-state index contributed by atoms with van der Waals surface area (Å²) in [6, 6.07) is 11.3. The van der Waals surface area contributed by atoms with Gasteiger partial charge in [-0.1, -0.05) is 46.8 Å². The van der Waals surface area contributed by atoms with Crippen molar-refractivity contribution in [3.63, 3.8) is 0 Å². The molecule has 0 spiro atoms. The molecule has 4 rings (SSSR count). The topological polar surface area (TPSA) is 68.5 Å². The molecular formula is C17H15N3O3S. The maximum absolute atomic E-state index is 12.6. The molecule has 1 saturated heterocycles. The van der Waals surface area contributed by atoms with Crippen molar-refractivity contribution in [1.29, 1.82) is 0 Å². The minimum Gasteiger partial charge on any atom is -0.465 e. The summed E-state index contributed by atoms with van der Waals surface area (Å²) in [5.41, 5.74) is 1.22. The van der Waals surface area contributed by atoms with E-state index >= 15 is 0 Å². The summed E-state index contributed by atoms with van der Waals surface area (Å²) in [5, 5.41) is 6.43. The second-order valence-electron chi connectivity index (χ2n) is 5.52. The Labute approximate surface area is 142 Å². The van der Waals surface area contributed by atoms with Gasteiger partial charge >= 0.3 is 0 Å². The first-order valence-corrected chi connectivity index (χ1v) is 8.55. The Morgan fingerprint density at radius 1 is 1.33 bits per heavy atom. The van der Waals surface area contributed by atoms with E-state index in [4.69, 9.17) is 9.26 Å². The molecule has 1 atom stereocenters. The second kappa shape index (κ2) is 6.45. The van der Waals surface area contributed by atoms with Crippen LogP contribution in [0.2, 0.25) is 0 Å². The fourth-order valence-corrected chi connectivity index (χ4v) is 3.25. The van der Waals surface area contributed by atoms with E-state index in [2.05, 4.69) is 10.1 Å². The number of carbonyl (C=O) groups excluding carboxylic acids is 1. The van der Waals surface area contributed by atoms with Crippen LogP contribution in [0.3, 0.4) is 0 Å². The molecule has 122 valence electrons. The van der Waals surface area contributed by atoms with Gasteiger partial charge in [0.25, 0.3) is 11.1 Å². The van der Waals surface area contributed by atoms with Crippen molar-refractivity contribution < 1.29 is 14.1 Å². The van der Waals surface area contributed by atoms with Gasteiger partial charge in [0.2, 0.25) is 0 Å². The first kappa shape index (κ1) is 14.9. The van der Waals surface area contributed by atoms with Gasteiger partial charge in [-0.25, -0.2) is 4.98 Å². The van der Waals surface area contributed by atoms with Crippen LogP contribution in [-0.2, 0) is 0 Å². The van der Waals surface area contributed by atoms with Crippen molar-refractivity contribution in [1.82, 2.24) is 15.0 Å². The van der Waals surface area contributed by atoms with Gasteiger partial charge in [-0.3, -0.25) is 4.79 Å². The van der Waals surface area contributed by atoms with Crippen LogP contribution in [-0.4, -0.2) is 40.1 Å². The van der Waals surface area contributed by atoms with Crippen molar-refractivity contribution in [2.45, 2.75) is 12.5 Å². The molecule has 7 heteroatoms. The molecule has 6 nitrogen and oxygen atoms in total. The van der Waals surface area contributed by atoms with E-state index in [1.165, 1.54) is 11.3 Å². The Hall–Kier alpha value is -2.67. The number of likely N-dealkylation sites (tertiary alicyclic amines) is 1. The summed E-state index contributed by atoms with van der Waals surface area (Å²) < 4.78 is 11.1. The van der Waals surface area contributed by atoms with Gasteiger partial charge in [-0.2, -0.15) is 0 Å². The molecule has 0 bridgehead atoms. The molecule has 2 aromatic heterocycles.